The predicted octanol–water partition coefficient (Wildman–Crippen LogP) is 4.87. The number of hydrogen-bond donors (Lipinski definition) is 0. The molecule has 1 aliphatic rings. The first-order chi connectivity index (χ1) is 13.8. The quantitative estimate of drug-likeness (QED) is 0.474. The fourth-order valence-corrected chi connectivity index (χ4v) is 4.23. The van der Waals surface area contributed by atoms with Gasteiger partial charge in [-0.3, -0.25) is 4.79 Å². The first kappa shape index (κ1) is 19.4. The van der Waals surface area contributed by atoms with Crippen molar-refractivity contribution in [1.82, 2.24) is 4.90 Å². The molecule has 0 N–H and O–H groups in total. The number of fused-ring (bicyclic) bond motifs is 2. The zero-order chi connectivity index (χ0) is 20.6. The van der Waals surface area contributed by atoms with Crippen molar-refractivity contribution in [3.8, 4) is 0 Å². The minimum Gasteiger partial charge on any atom is -0.458 e. The smallest absolute Gasteiger partial charge is 0.329 e. The lowest BCUT2D eigenvalue weighted by Gasteiger charge is -2.27. The molecule has 1 amide bonds. The van der Waals surface area contributed by atoms with Crippen LogP contribution in [0.15, 0.2) is 54.6 Å². The zero-order valence-corrected chi connectivity index (χ0v) is 17.3. The molecule has 0 radical (unpaired) electrons. The summed E-state index contributed by atoms with van der Waals surface area (Å²) in [5.74, 6) is -0.314. The van der Waals surface area contributed by atoms with Crippen LogP contribution in [0.1, 0.15) is 39.2 Å². The van der Waals surface area contributed by atoms with Crippen LogP contribution in [0.5, 0.6) is 0 Å². The minimum absolute atomic E-state index is 0.0140. The van der Waals surface area contributed by atoms with Crippen LogP contribution in [0.25, 0.3) is 21.5 Å². The number of esters is 1. The third-order valence-corrected chi connectivity index (χ3v) is 5.46. The van der Waals surface area contributed by atoms with Gasteiger partial charge in [0.1, 0.15) is 11.6 Å². The molecule has 1 atom stereocenters. The number of nitrogens with zero attached hydrogens (tertiary/aromatic N) is 1. The molecule has 0 aromatic heterocycles. The molecule has 4 heteroatoms. The average molecular weight is 389 g/mol. The summed E-state index contributed by atoms with van der Waals surface area (Å²) in [7, 11) is 0. The Kier molecular flexibility index (Phi) is 5.03. The second kappa shape index (κ2) is 7.51. The van der Waals surface area contributed by atoms with Crippen molar-refractivity contribution in [2.24, 2.45) is 0 Å². The van der Waals surface area contributed by atoms with E-state index in [0.717, 1.165) is 33.5 Å². The summed E-state index contributed by atoms with van der Waals surface area (Å²) in [6, 6.07) is 18.0. The van der Waals surface area contributed by atoms with Gasteiger partial charge in [0.25, 0.3) is 0 Å². The number of carbonyl (C=O) groups excluding carboxylic acids is 2. The van der Waals surface area contributed by atoms with Crippen molar-refractivity contribution < 1.29 is 14.3 Å². The van der Waals surface area contributed by atoms with Gasteiger partial charge in [-0.1, -0.05) is 48.5 Å². The highest BCUT2D eigenvalue weighted by atomic mass is 16.6. The third-order valence-electron chi connectivity index (χ3n) is 5.46. The topological polar surface area (TPSA) is 46.6 Å². The van der Waals surface area contributed by atoms with Crippen LogP contribution < -0.4 is 0 Å². The highest BCUT2D eigenvalue weighted by Gasteiger charge is 2.37. The van der Waals surface area contributed by atoms with Crippen molar-refractivity contribution in [2.75, 3.05) is 6.54 Å². The Hall–Kier alpha value is -2.88. The predicted molar refractivity (Wildman–Crippen MR) is 116 cm³/mol. The molecule has 1 saturated heterocycles. The monoisotopic (exact) mass is 389 g/mol. The van der Waals surface area contributed by atoms with Crippen LogP contribution in [0, 0.1) is 0 Å². The summed E-state index contributed by atoms with van der Waals surface area (Å²) >= 11 is 0. The Morgan fingerprint density at radius 2 is 1.59 bits per heavy atom. The van der Waals surface area contributed by atoms with E-state index in [2.05, 4.69) is 30.3 Å². The molecular formula is C25H27NO3. The average Bonchev–Trinajstić information content (AvgIpc) is 3.16. The first-order valence-electron chi connectivity index (χ1n) is 10.3. The Labute approximate surface area is 171 Å². The van der Waals surface area contributed by atoms with Crippen molar-refractivity contribution >= 4 is 33.4 Å². The molecule has 0 spiro atoms. The molecule has 1 fully saturated rings. The van der Waals surface area contributed by atoms with Crippen LogP contribution in [-0.2, 0) is 20.7 Å². The highest BCUT2D eigenvalue weighted by molar-refractivity contribution is 6.04. The van der Waals surface area contributed by atoms with Crippen LogP contribution in [0.2, 0.25) is 0 Å². The van der Waals surface area contributed by atoms with Gasteiger partial charge in [0, 0.05) is 6.54 Å². The van der Waals surface area contributed by atoms with E-state index >= 15 is 0 Å². The molecule has 0 bridgehead atoms. The molecule has 1 aliphatic heterocycles. The maximum Gasteiger partial charge on any atom is 0.329 e. The van der Waals surface area contributed by atoms with Gasteiger partial charge in [0.2, 0.25) is 5.91 Å². The summed E-state index contributed by atoms with van der Waals surface area (Å²) in [5, 5.41) is 4.43. The fraction of sp³-hybridized carbons (Fsp3) is 0.360. The van der Waals surface area contributed by atoms with E-state index < -0.39 is 11.6 Å². The van der Waals surface area contributed by atoms with Crippen molar-refractivity contribution in [3.63, 3.8) is 0 Å². The van der Waals surface area contributed by atoms with Gasteiger partial charge >= 0.3 is 5.97 Å². The summed E-state index contributed by atoms with van der Waals surface area (Å²) in [5.41, 5.74) is 0.471. The first-order valence-corrected chi connectivity index (χ1v) is 10.3. The van der Waals surface area contributed by atoms with Crippen LogP contribution >= 0.6 is 0 Å². The lowest BCUT2D eigenvalue weighted by Crippen LogP contribution is -2.44. The lowest BCUT2D eigenvalue weighted by molar-refractivity contribution is -0.163. The summed E-state index contributed by atoms with van der Waals surface area (Å²) < 4.78 is 5.56. The van der Waals surface area contributed by atoms with Gasteiger partial charge in [-0.05, 0) is 66.8 Å². The minimum atomic E-state index is -0.555. The van der Waals surface area contributed by atoms with Gasteiger partial charge in [0.05, 0.1) is 6.42 Å². The van der Waals surface area contributed by atoms with E-state index in [9.17, 15) is 9.59 Å². The van der Waals surface area contributed by atoms with Crippen LogP contribution in [0.3, 0.4) is 0 Å². The molecule has 4 rings (SSSR count). The molecule has 0 saturated carbocycles. The molecule has 3 aromatic rings. The van der Waals surface area contributed by atoms with E-state index in [1.54, 1.807) is 4.90 Å². The number of amides is 1. The van der Waals surface area contributed by atoms with Crippen molar-refractivity contribution in [1.29, 1.82) is 0 Å². The van der Waals surface area contributed by atoms with Crippen LogP contribution in [-0.4, -0.2) is 35.0 Å². The lowest BCUT2D eigenvalue weighted by atomic mass is 9.94. The molecule has 150 valence electrons. The van der Waals surface area contributed by atoms with Crippen molar-refractivity contribution in [3.05, 3.63) is 60.2 Å². The normalized spacial score (nSPS) is 17.1. The van der Waals surface area contributed by atoms with Gasteiger partial charge in [-0.25, -0.2) is 4.79 Å². The van der Waals surface area contributed by atoms with Crippen molar-refractivity contribution in [2.45, 2.75) is 51.7 Å². The third kappa shape index (κ3) is 3.98. The summed E-state index contributed by atoms with van der Waals surface area (Å²) in [4.78, 5) is 27.7. The molecular weight excluding hydrogens is 362 g/mol. The number of hydrogen-bond acceptors (Lipinski definition) is 3. The highest BCUT2D eigenvalue weighted by Crippen LogP contribution is 2.30. The fourth-order valence-electron chi connectivity index (χ4n) is 4.23. The summed E-state index contributed by atoms with van der Waals surface area (Å²) in [6.07, 6.45) is 1.77. The Morgan fingerprint density at radius 3 is 2.17 bits per heavy atom. The number of benzene rings is 3. The van der Waals surface area contributed by atoms with Gasteiger partial charge in [-0.2, -0.15) is 0 Å². The largest absolute Gasteiger partial charge is 0.458 e. The zero-order valence-electron chi connectivity index (χ0n) is 17.3. The Morgan fingerprint density at radius 1 is 1.00 bits per heavy atom. The molecule has 0 unspecified atom stereocenters. The van der Waals surface area contributed by atoms with Gasteiger partial charge in [-0.15, -0.1) is 0 Å². The molecule has 4 nitrogen and oxygen atoms in total. The SMILES string of the molecule is CC(C)(C)OC(=O)[C@@H]1CCCN1C(=O)Cc1c2ccccc2cc2ccccc12. The van der Waals surface area contributed by atoms with E-state index in [0.29, 0.717) is 13.0 Å². The maximum atomic E-state index is 13.3. The molecule has 0 aliphatic carbocycles. The number of carbonyl (C=O) groups is 2. The molecule has 1 heterocycles. The Balaban J connectivity index is 1.67. The molecule has 29 heavy (non-hydrogen) atoms. The van der Waals surface area contributed by atoms with E-state index in [1.807, 2.05) is 45.0 Å². The Bertz CT molecular complexity index is 1030. The standard InChI is InChI=1S/C25H27NO3/c1-25(2,3)29-24(28)22-13-8-14-26(22)23(27)16-21-19-11-6-4-9-17(19)15-18-10-5-7-12-20(18)21/h4-7,9-12,15,22H,8,13-14,16H2,1-3H3/t22-/m0/s1. The maximum absolute atomic E-state index is 13.3. The van der Waals surface area contributed by atoms with E-state index in [1.165, 1.54) is 0 Å². The van der Waals surface area contributed by atoms with Crippen LogP contribution in [0.4, 0.5) is 0 Å². The van der Waals surface area contributed by atoms with Gasteiger partial charge in [0.15, 0.2) is 0 Å². The number of ether oxygens (including phenoxy) is 1. The summed E-state index contributed by atoms with van der Waals surface area (Å²) in [6.45, 7) is 6.17. The molecule has 3 aromatic carbocycles. The number of likely N-dealkylation sites (tertiary alicyclic amines) is 1. The second-order valence-electron chi connectivity index (χ2n) is 8.75. The van der Waals surface area contributed by atoms with Gasteiger partial charge < -0.3 is 9.64 Å². The number of rotatable bonds is 3. The van der Waals surface area contributed by atoms with E-state index in [4.69, 9.17) is 4.74 Å². The van der Waals surface area contributed by atoms with E-state index in [-0.39, 0.29) is 18.3 Å². The second-order valence-corrected chi connectivity index (χ2v) is 8.75.